The monoisotopic (exact) mass is 563 g/mol. The van der Waals surface area contributed by atoms with Crippen molar-refractivity contribution in [2.75, 3.05) is 11.9 Å². The van der Waals surface area contributed by atoms with Gasteiger partial charge in [-0.05, 0) is 54.8 Å². The van der Waals surface area contributed by atoms with Crippen LogP contribution in [-0.4, -0.2) is 41.0 Å². The summed E-state index contributed by atoms with van der Waals surface area (Å²) in [7, 11) is 0. The van der Waals surface area contributed by atoms with Gasteiger partial charge in [-0.1, -0.05) is 97.1 Å². The molecule has 0 spiro atoms. The molecule has 0 aromatic heterocycles. The third-order valence-corrected chi connectivity index (χ3v) is 6.57. The van der Waals surface area contributed by atoms with Crippen LogP contribution in [0.4, 0.5) is 10.5 Å². The van der Waals surface area contributed by atoms with Crippen molar-refractivity contribution in [2.45, 2.75) is 44.9 Å². The number of rotatable bonds is 10. The number of carbonyl (C=O) groups excluding carboxylic acids is 3. The predicted molar refractivity (Wildman–Crippen MR) is 167 cm³/mol. The molecular formula is C35H37N3O4. The van der Waals surface area contributed by atoms with E-state index in [9.17, 15) is 14.4 Å². The zero-order valence-corrected chi connectivity index (χ0v) is 24.2. The molecule has 7 nitrogen and oxygen atoms in total. The van der Waals surface area contributed by atoms with Gasteiger partial charge >= 0.3 is 6.09 Å². The fourth-order valence-corrected chi connectivity index (χ4v) is 4.75. The van der Waals surface area contributed by atoms with Crippen molar-refractivity contribution < 1.29 is 19.1 Å². The zero-order chi connectivity index (χ0) is 30.1. The minimum Gasteiger partial charge on any atom is -0.444 e. The molecule has 0 aliphatic rings. The standard InChI is InChI=1S/C35H37N3O4/c1-5-22-38(33(40)30(23-25-14-8-6-9-15-25)37-34(41)42-35(2,3)4)31(27-17-10-7-11-18-27)32(39)36-29-21-20-26-16-12-13-19-28(26)24-29/h5-21,24,30-31H,1,22-23H2,2-4H3,(H,36,39)(H,37,41). The van der Waals surface area contributed by atoms with Gasteiger partial charge in [0.2, 0.25) is 5.91 Å². The van der Waals surface area contributed by atoms with Gasteiger partial charge in [0.25, 0.3) is 5.91 Å². The Hall–Kier alpha value is -4.91. The molecule has 0 aliphatic heterocycles. The molecule has 4 aromatic rings. The molecule has 42 heavy (non-hydrogen) atoms. The second-order valence-electron chi connectivity index (χ2n) is 11.0. The summed E-state index contributed by atoms with van der Waals surface area (Å²) in [4.78, 5) is 42.6. The predicted octanol–water partition coefficient (Wildman–Crippen LogP) is 6.67. The molecule has 2 N–H and O–H groups in total. The number of benzene rings is 4. The van der Waals surface area contributed by atoms with E-state index in [0.29, 0.717) is 11.3 Å². The van der Waals surface area contributed by atoms with Crippen molar-refractivity contribution in [1.29, 1.82) is 0 Å². The van der Waals surface area contributed by atoms with Crippen molar-refractivity contribution >= 4 is 34.4 Å². The summed E-state index contributed by atoms with van der Waals surface area (Å²) in [6.45, 7) is 9.20. The first-order valence-corrected chi connectivity index (χ1v) is 13.9. The van der Waals surface area contributed by atoms with Crippen LogP contribution >= 0.6 is 0 Å². The lowest BCUT2D eigenvalue weighted by molar-refractivity contribution is -0.140. The van der Waals surface area contributed by atoms with Crippen molar-refractivity contribution in [3.63, 3.8) is 0 Å². The number of anilines is 1. The number of amides is 3. The Morgan fingerprint density at radius 3 is 2.12 bits per heavy atom. The van der Waals surface area contributed by atoms with Crippen LogP contribution in [0.2, 0.25) is 0 Å². The second kappa shape index (κ2) is 13.6. The van der Waals surface area contributed by atoms with Crippen LogP contribution in [0.15, 0.2) is 116 Å². The number of hydrogen-bond donors (Lipinski definition) is 2. The van der Waals surface area contributed by atoms with Gasteiger partial charge in [0, 0.05) is 18.7 Å². The Morgan fingerprint density at radius 1 is 0.857 bits per heavy atom. The van der Waals surface area contributed by atoms with Gasteiger partial charge in [-0.3, -0.25) is 9.59 Å². The Bertz CT molecular complexity index is 1530. The van der Waals surface area contributed by atoms with E-state index in [1.165, 1.54) is 4.90 Å². The summed E-state index contributed by atoms with van der Waals surface area (Å²) in [6.07, 6.45) is 1.07. The molecule has 0 heterocycles. The Kier molecular flexibility index (Phi) is 9.76. The summed E-state index contributed by atoms with van der Waals surface area (Å²) in [5.74, 6) is -0.825. The van der Waals surface area contributed by atoms with Crippen molar-refractivity contribution in [3.05, 3.63) is 127 Å². The summed E-state index contributed by atoms with van der Waals surface area (Å²) >= 11 is 0. The summed E-state index contributed by atoms with van der Waals surface area (Å²) in [5, 5.41) is 7.80. The first-order valence-electron chi connectivity index (χ1n) is 13.9. The Balaban J connectivity index is 1.69. The van der Waals surface area contributed by atoms with Gasteiger partial charge in [-0.2, -0.15) is 0 Å². The average molecular weight is 564 g/mol. The normalized spacial score (nSPS) is 12.5. The fraction of sp³-hybridized carbons (Fsp3) is 0.229. The summed E-state index contributed by atoms with van der Waals surface area (Å²) < 4.78 is 5.48. The first kappa shape index (κ1) is 30.1. The number of carbonyl (C=O) groups is 3. The maximum Gasteiger partial charge on any atom is 0.408 e. The molecule has 4 rings (SSSR count). The summed E-state index contributed by atoms with van der Waals surface area (Å²) in [5.41, 5.74) is 1.33. The van der Waals surface area contributed by atoms with Gasteiger partial charge < -0.3 is 20.3 Å². The van der Waals surface area contributed by atoms with E-state index in [1.54, 1.807) is 26.8 Å². The van der Waals surface area contributed by atoms with Gasteiger partial charge in [0.15, 0.2) is 0 Å². The van der Waals surface area contributed by atoms with E-state index in [2.05, 4.69) is 17.2 Å². The topological polar surface area (TPSA) is 87.7 Å². The van der Waals surface area contributed by atoms with Crippen LogP contribution < -0.4 is 10.6 Å². The van der Waals surface area contributed by atoms with E-state index >= 15 is 0 Å². The van der Waals surface area contributed by atoms with Gasteiger partial charge in [0.05, 0.1) is 0 Å². The summed E-state index contributed by atoms with van der Waals surface area (Å²) in [6, 6.07) is 30.1. The molecule has 7 heteroatoms. The number of alkyl carbamates (subject to hydrolysis) is 1. The molecule has 0 aliphatic carbocycles. The Morgan fingerprint density at radius 2 is 1.48 bits per heavy atom. The highest BCUT2D eigenvalue weighted by atomic mass is 16.6. The molecule has 0 fully saturated rings. The maximum atomic E-state index is 14.3. The number of fused-ring (bicyclic) bond motifs is 1. The highest BCUT2D eigenvalue weighted by Crippen LogP contribution is 2.26. The molecular weight excluding hydrogens is 526 g/mol. The number of ether oxygens (including phenoxy) is 1. The zero-order valence-electron chi connectivity index (χ0n) is 24.2. The molecule has 0 saturated heterocycles. The van der Waals surface area contributed by atoms with E-state index < -0.39 is 29.7 Å². The minimum atomic E-state index is -0.998. The smallest absolute Gasteiger partial charge is 0.408 e. The van der Waals surface area contributed by atoms with Gasteiger partial charge in [0.1, 0.15) is 17.7 Å². The van der Waals surface area contributed by atoms with Crippen LogP contribution in [0.1, 0.15) is 37.9 Å². The van der Waals surface area contributed by atoms with Gasteiger partial charge in [-0.25, -0.2) is 4.79 Å². The molecule has 0 radical (unpaired) electrons. The maximum absolute atomic E-state index is 14.3. The van der Waals surface area contributed by atoms with Crippen LogP contribution in [-0.2, 0) is 20.7 Å². The van der Waals surface area contributed by atoms with Crippen molar-refractivity contribution in [3.8, 4) is 0 Å². The lowest BCUT2D eigenvalue weighted by Gasteiger charge is -2.34. The van der Waals surface area contributed by atoms with Crippen molar-refractivity contribution in [2.24, 2.45) is 0 Å². The van der Waals surface area contributed by atoms with E-state index in [-0.39, 0.29) is 18.9 Å². The lowest BCUT2D eigenvalue weighted by atomic mass is 10.00. The van der Waals surface area contributed by atoms with Crippen molar-refractivity contribution in [1.82, 2.24) is 10.2 Å². The van der Waals surface area contributed by atoms with E-state index in [1.807, 2.05) is 103 Å². The molecule has 2 atom stereocenters. The van der Waals surface area contributed by atoms with Gasteiger partial charge in [-0.15, -0.1) is 6.58 Å². The Labute approximate surface area is 247 Å². The molecule has 0 bridgehead atoms. The molecule has 3 amide bonds. The number of hydrogen-bond acceptors (Lipinski definition) is 4. The minimum absolute atomic E-state index is 0.0742. The highest BCUT2D eigenvalue weighted by molar-refractivity contribution is 6.00. The average Bonchev–Trinajstić information content (AvgIpc) is 2.96. The molecule has 2 unspecified atom stereocenters. The highest BCUT2D eigenvalue weighted by Gasteiger charge is 2.36. The third kappa shape index (κ3) is 8.07. The van der Waals surface area contributed by atoms with Crippen LogP contribution in [0.3, 0.4) is 0 Å². The third-order valence-electron chi connectivity index (χ3n) is 6.57. The lowest BCUT2D eigenvalue weighted by Crippen LogP contribution is -2.53. The first-order chi connectivity index (χ1) is 20.1. The van der Waals surface area contributed by atoms with E-state index in [0.717, 1.165) is 16.3 Å². The number of nitrogens with zero attached hydrogens (tertiary/aromatic N) is 1. The quantitative estimate of drug-likeness (QED) is 0.211. The van der Waals surface area contributed by atoms with Crippen LogP contribution in [0.5, 0.6) is 0 Å². The number of nitrogens with one attached hydrogen (secondary N) is 2. The largest absolute Gasteiger partial charge is 0.444 e. The van der Waals surface area contributed by atoms with Crippen LogP contribution in [0.25, 0.3) is 10.8 Å². The van der Waals surface area contributed by atoms with E-state index in [4.69, 9.17) is 4.74 Å². The SMILES string of the molecule is C=CCN(C(=O)C(Cc1ccccc1)NC(=O)OC(C)(C)C)C(C(=O)Nc1ccc2ccccc2c1)c1ccccc1. The second-order valence-corrected chi connectivity index (χ2v) is 11.0. The molecule has 216 valence electrons. The molecule has 4 aromatic carbocycles. The van der Waals surface area contributed by atoms with Crippen LogP contribution in [0, 0.1) is 0 Å². The molecule has 0 saturated carbocycles. The fourth-order valence-electron chi connectivity index (χ4n) is 4.75.